The first-order valence-electron chi connectivity index (χ1n) is 42.9. The summed E-state index contributed by atoms with van der Waals surface area (Å²) >= 11 is 0. The lowest BCUT2D eigenvalue weighted by Gasteiger charge is -2.15. The quantitative estimate of drug-likeness (QED) is 0.134. The van der Waals surface area contributed by atoms with Crippen molar-refractivity contribution in [2.24, 2.45) is 0 Å². The Bertz CT molecular complexity index is 8950. The molecule has 0 unspecified atom stereocenters. The maximum atomic E-state index is 5.52. The standard InChI is InChI=1S/C116H69N9/c1-2-123-105-58-50-69(67-43-51-90-91-56-49-74(65-102(91)86-34-14-13-33-85(86)98(90)59-67)114-120-115(124-106-39-19-15-35-93(106)94-36-16-20-40-107(94)124)122-116(121-114)125-108-41-21-17-37-95(108)96-38-18-22-42-109(96)125)61-104(105)97-57-45-70(66-110(97)123)68-44-52-92-99(60-68)84-32-12-9-29-81(84)89-55-48-73(64-103(89)92)113-118-111(71-46-53-87-79-27-5-3-23-75(79)77-25-7-10-30-82(77)100(87)62-71)117-112(119-113)72-47-54-88-80-28-6-4-24-76(80)78-26-8-11-31-83(78)101(88)63-72/h3-66H,2H2,1H3. The molecule has 125 heavy (non-hydrogen) atoms. The zero-order valence-electron chi connectivity index (χ0n) is 67.7. The number of fused-ring (bicyclic) bond motifs is 33. The van der Waals surface area contributed by atoms with E-state index in [4.69, 9.17) is 29.9 Å². The van der Waals surface area contributed by atoms with Crippen LogP contribution < -0.4 is 0 Å². The number of hydrogen-bond donors (Lipinski definition) is 0. The van der Waals surface area contributed by atoms with Crippen LogP contribution >= 0.6 is 0 Å². The summed E-state index contributed by atoms with van der Waals surface area (Å²) in [4.78, 5) is 32.9. The molecule has 9 nitrogen and oxygen atoms in total. The number of nitrogens with zero attached hydrogens (tertiary/aromatic N) is 9. The summed E-state index contributed by atoms with van der Waals surface area (Å²) in [5.41, 5.74) is 14.8. The number of rotatable bonds is 9. The molecule has 0 aliphatic carbocycles. The SMILES string of the molecule is CCn1c2ccc(-c3ccc4c5ccc(-c6nc(-n7c8ccccc8c8ccccc87)nc(-n7c8ccccc8c8ccccc87)n6)cc5c5ccccc5c4c3)cc2c2ccc(-c3ccc4c(c3)c3ccccc3c3ccc(-c5nc(-c6ccc7c8ccccc8c8ccccc8c7c6)nc(-c6ccc7c8ccccc8c8ccccc8c7c6)n5)cc34)cc21. The van der Waals surface area contributed by atoms with Gasteiger partial charge < -0.3 is 4.57 Å². The second kappa shape index (κ2) is 26.7. The smallest absolute Gasteiger partial charge is 0.240 e. The predicted octanol–water partition coefficient (Wildman–Crippen LogP) is 30.2. The molecule has 578 valence electrons. The van der Waals surface area contributed by atoms with Gasteiger partial charge in [-0.15, -0.1) is 0 Å². The lowest BCUT2D eigenvalue weighted by atomic mass is 9.90. The third kappa shape index (κ3) is 10.4. The fourth-order valence-electron chi connectivity index (χ4n) is 21.2. The Morgan fingerprint density at radius 1 is 0.152 bits per heavy atom. The summed E-state index contributed by atoms with van der Waals surface area (Å²) < 4.78 is 6.88. The summed E-state index contributed by atoms with van der Waals surface area (Å²) in [6.07, 6.45) is 0. The fourth-order valence-corrected chi connectivity index (χ4v) is 21.2. The van der Waals surface area contributed by atoms with Crippen LogP contribution in [0.25, 0.3) is 274 Å². The molecular weight excluding hydrogens is 1520 g/mol. The zero-order chi connectivity index (χ0) is 81.8. The number of para-hydroxylation sites is 4. The van der Waals surface area contributed by atoms with Crippen LogP contribution in [0, 0.1) is 0 Å². The lowest BCUT2D eigenvalue weighted by Crippen LogP contribution is -2.10. The molecular formula is C116H69N9. The molecule has 0 amide bonds. The lowest BCUT2D eigenvalue weighted by molar-refractivity contribution is 0.827. The minimum absolute atomic E-state index is 0.550. The molecule has 5 heterocycles. The van der Waals surface area contributed by atoms with E-state index < -0.39 is 0 Å². The molecule has 22 aromatic carbocycles. The molecule has 0 saturated heterocycles. The van der Waals surface area contributed by atoms with Crippen LogP contribution in [0.3, 0.4) is 0 Å². The van der Waals surface area contributed by atoms with Crippen LogP contribution in [0.15, 0.2) is 388 Å². The van der Waals surface area contributed by atoms with Crippen LogP contribution in [-0.2, 0) is 6.54 Å². The molecule has 27 rings (SSSR count). The van der Waals surface area contributed by atoms with Crippen molar-refractivity contribution in [3.8, 4) is 79.7 Å². The monoisotopic (exact) mass is 1590 g/mol. The summed E-state index contributed by atoms with van der Waals surface area (Å²) in [5.74, 6) is 3.52. The highest BCUT2D eigenvalue weighted by atomic mass is 15.3. The van der Waals surface area contributed by atoms with Gasteiger partial charge in [0.15, 0.2) is 23.3 Å². The normalized spacial score (nSPS) is 12.2. The molecule has 0 aliphatic heterocycles. The Hall–Kier alpha value is -16.6. The minimum Gasteiger partial charge on any atom is -0.341 e. The zero-order valence-corrected chi connectivity index (χ0v) is 67.7. The highest BCUT2D eigenvalue weighted by molar-refractivity contribution is 6.30. The fraction of sp³-hybridized carbons (Fsp3) is 0.0172. The van der Waals surface area contributed by atoms with E-state index in [0.717, 1.165) is 127 Å². The van der Waals surface area contributed by atoms with Gasteiger partial charge in [-0.05, 0) is 237 Å². The van der Waals surface area contributed by atoms with Crippen molar-refractivity contribution < 1.29 is 0 Å². The minimum atomic E-state index is 0.550. The first-order chi connectivity index (χ1) is 61.9. The van der Waals surface area contributed by atoms with Gasteiger partial charge in [0.1, 0.15) is 0 Å². The summed E-state index contributed by atoms with van der Waals surface area (Å²) in [7, 11) is 0. The van der Waals surface area contributed by atoms with Crippen molar-refractivity contribution in [2.45, 2.75) is 13.5 Å². The summed E-state index contributed by atoms with van der Waals surface area (Å²) in [6.45, 7) is 3.08. The molecule has 0 atom stereocenters. The van der Waals surface area contributed by atoms with Gasteiger partial charge in [-0.1, -0.05) is 309 Å². The molecule has 0 spiro atoms. The average molecular weight is 1590 g/mol. The Kier molecular flexibility index (Phi) is 14.8. The number of hydrogen-bond acceptors (Lipinski definition) is 6. The molecule has 0 fully saturated rings. The van der Waals surface area contributed by atoms with E-state index in [0.29, 0.717) is 35.2 Å². The highest BCUT2D eigenvalue weighted by Gasteiger charge is 2.25. The predicted molar refractivity (Wildman–Crippen MR) is 523 cm³/mol. The largest absolute Gasteiger partial charge is 0.341 e. The Morgan fingerprint density at radius 3 is 0.648 bits per heavy atom. The third-order valence-electron chi connectivity index (χ3n) is 26.9. The molecule has 27 aromatic rings. The van der Waals surface area contributed by atoms with Gasteiger partial charge in [0.25, 0.3) is 0 Å². The maximum absolute atomic E-state index is 5.52. The van der Waals surface area contributed by atoms with Gasteiger partial charge in [0, 0.05) is 72.1 Å². The summed E-state index contributed by atoms with van der Waals surface area (Å²) in [6, 6.07) is 142. The molecule has 9 heteroatoms. The Balaban J connectivity index is 0.562. The van der Waals surface area contributed by atoms with Crippen molar-refractivity contribution in [2.75, 3.05) is 0 Å². The maximum Gasteiger partial charge on any atom is 0.240 e. The van der Waals surface area contributed by atoms with Crippen molar-refractivity contribution in [3.63, 3.8) is 0 Å². The molecule has 0 N–H and O–H groups in total. The van der Waals surface area contributed by atoms with E-state index in [-0.39, 0.29) is 0 Å². The van der Waals surface area contributed by atoms with Gasteiger partial charge in [-0.2, -0.15) is 15.0 Å². The molecule has 0 bridgehead atoms. The van der Waals surface area contributed by atoms with E-state index in [1.54, 1.807) is 0 Å². The highest BCUT2D eigenvalue weighted by Crippen LogP contribution is 2.47. The van der Waals surface area contributed by atoms with Gasteiger partial charge >= 0.3 is 0 Å². The van der Waals surface area contributed by atoms with Gasteiger partial charge in [0.05, 0.1) is 22.1 Å². The van der Waals surface area contributed by atoms with Crippen molar-refractivity contribution >= 4 is 195 Å². The van der Waals surface area contributed by atoms with Crippen LogP contribution in [0.2, 0.25) is 0 Å². The van der Waals surface area contributed by atoms with E-state index in [1.165, 1.54) is 119 Å². The second-order valence-electron chi connectivity index (χ2n) is 33.3. The van der Waals surface area contributed by atoms with E-state index in [9.17, 15) is 0 Å². The Labute approximate surface area is 714 Å². The van der Waals surface area contributed by atoms with E-state index in [1.807, 2.05) is 0 Å². The Morgan fingerprint density at radius 2 is 0.352 bits per heavy atom. The number of aryl methyl sites for hydroxylation is 1. The molecule has 0 aliphatic rings. The van der Waals surface area contributed by atoms with Crippen LogP contribution in [-0.4, -0.2) is 43.6 Å². The molecule has 5 aromatic heterocycles. The van der Waals surface area contributed by atoms with Gasteiger partial charge in [-0.3, -0.25) is 9.13 Å². The second-order valence-corrected chi connectivity index (χ2v) is 33.3. The van der Waals surface area contributed by atoms with Crippen molar-refractivity contribution in [3.05, 3.63) is 388 Å². The van der Waals surface area contributed by atoms with E-state index in [2.05, 4.69) is 409 Å². The van der Waals surface area contributed by atoms with Crippen LogP contribution in [0.5, 0.6) is 0 Å². The average Bonchev–Trinajstić information content (AvgIpc) is 1.51. The molecule has 0 radical (unpaired) electrons. The van der Waals surface area contributed by atoms with Crippen molar-refractivity contribution in [1.82, 2.24) is 43.6 Å². The molecule has 0 saturated carbocycles. The van der Waals surface area contributed by atoms with Crippen LogP contribution in [0.1, 0.15) is 6.92 Å². The van der Waals surface area contributed by atoms with Gasteiger partial charge in [-0.25, -0.2) is 15.0 Å². The van der Waals surface area contributed by atoms with Crippen molar-refractivity contribution in [1.29, 1.82) is 0 Å². The third-order valence-corrected chi connectivity index (χ3v) is 26.9. The van der Waals surface area contributed by atoms with Gasteiger partial charge in [0.2, 0.25) is 11.9 Å². The van der Waals surface area contributed by atoms with Crippen LogP contribution in [0.4, 0.5) is 0 Å². The van der Waals surface area contributed by atoms with E-state index >= 15 is 0 Å². The summed E-state index contributed by atoms with van der Waals surface area (Å²) in [5, 5.41) is 35.5. The number of benzene rings is 22. The topological polar surface area (TPSA) is 92.1 Å². The first-order valence-corrected chi connectivity index (χ1v) is 42.9. The first kappa shape index (κ1) is 69.2. The number of aromatic nitrogens is 9.